The van der Waals surface area contributed by atoms with Crippen molar-refractivity contribution in [2.75, 3.05) is 0 Å². The van der Waals surface area contributed by atoms with Gasteiger partial charge >= 0.3 is 0 Å². The smallest absolute Gasteiger partial charge is 0.140 e. The van der Waals surface area contributed by atoms with E-state index in [1.165, 1.54) is 0 Å². The van der Waals surface area contributed by atoms with E-state index in [1.807, 2.05) is 30.3 Å². The predicted molar refractivity (Wildman–Crippen MR) is 72.0 cm³/mol. The van der Waals surface area contributed by atoms with Crippen LogP contribution in [-0.2, 0) is 0 Å². The second-order valence-electron chi connectivity index (χ2n) is 4.22. The molecule has 1 aromatic rings. The minimum absolute atomic E-state index is 0.261. The third-order valence-electron chi connectivity index (χ3n) is 2.20. The molecule has 0 aromatic heterocycles. The van der Waals surface area contributed by atoms with Gasteiger partial charge in [0.2, 0.25) is 0 Å². The molecule has 0 aliphatic heterocycles. The van der Waals surface area contributed by atoms with Crippen molar-refractivity contribution in [1.82, 2.24) is 0 Å². The van der Waals surface area contributed by atoms with Crippen molar-refractivity contribution in [3.8, 4) is 17.5 Å². The van der Waals surface area contributed by atoms with Gasteiger partial charge in [-0.15, -0.1) is 0 Å². The van der Waals surface area contributed by atoms with E-state index in [2.05, 4.69) is 39.5 Å². The largest absolute Gasteiger partial charge is 0.407 e. The molecule has 1 aromatic carbocycles. The van der Waals surface area contributed by atoms with Crippen LogP contribution in [0.2, 0.25) is 0 Å². The molecule has 86 valence electrons. The second-order valence-corrected chi connectivity index (χ2v) is 7.33. The van der Waals surface area contributed by atoms with E-state index in [1.54, 1.807) is 0 Å². The molecule has 0 saturated carbocycles. The lowest BCUT2D eigenvalue weighted by molar-refractivity contribution is 0.520. The lowest BCUT2D eigenvalue weighted by Gasteiger charge is -2.18. The Bertz CT molecular complexity index is 351. The Morgan fingerprint density at radius 3 is 2.06 bits per heavy atom. The van der Waals surface area contributed by atoms with Gasteiger partial charge in [0, 0.05) is 0 Å². The summed E-state index contributed by atoms with van der Waals surface area (Å²) in [5, 5.41) is 0. The summed E-state index contributed by atoms with van der Waals surface area (Å²) in [6.07, 6.45) is 2.84. The fourth-order valence-electron chi connectivity index (χ4n) is 1.48. The Kier molecular flexibility index (Phi) is 5.36. The third-order valence-corrected chi connectivity index (χ3v) is 4.77. The van der Waals surface area contributed by atoms with Crippen LogP contribution in [0.25, 0.3) is 0 Å². The number of hydrogen-bond acceptors (Lipinski definition) is 1. The molecular weight excluding hydrogens is 215 g/mol. The fraction of sp³-hybridized carbons (Fsp3) is 0.429. The van der Waals surface area contributed by atoms with Crippen molar-refractivity contribution in [3.63, 3.8) is 0 Å². The van der Waals surface area contributed by atoms with Crippen LogP contribution in [0.5, 0.6) is 5.75 Å². The van der Waals surface area contributed by atoms with Gasteiger partial charge in [0.1, 0.15) is 11.9 Å². The summed E-state index contributed by atoms with van der Waals surface area (Å²) < 4.78 is 5.39. The van der Waals surface area contributed by atoms with Gasteiger partial charge in [-0.25, -0.2) is 0 Å². The Hall–Kier alpha value is -0.990. The second kappa shape index (κ2) is 6.56. The summed E-state index contributed by atoms with van der Waals surface area (Å²) in [5.74, 6) is 0.817. The standard InChI is InChI=1S/C14H19OP/c1-12(2)16(13(3)4)11-10-15-14-8-6-5-7-9-14/h5-9,12-13H,1-4H3. The van der Waals surface area contributed by atoms with E-state index in [-0.39, 0.29) is 7.92 Å². The molecule has 1 rings (SSSR count). The Labute approximate surface area is 100.0 Å². The SMILES string of the molecule is CC(C)P(C#COc1ccccc1)C(C)C. The van der Waals surface area contributed by atoms with Gasteiger partial charge in [0.25, 0.3) is 0 Å². The van der Waals surface area contributed by atoms with Crippen LogP contribution in [0.1, 0.15) is 27.7 Å². The zero-order valence-corrected chi connectivity index (χ0v) is 11.3. The zero-order chi connectivity index (χ0) is 12.0. The molecule has 0 heterocycles. The van der Waals surface area contributed by atoms with Crippen LogP contribution in [0.3, 0.4) is 0 Å². The first kappa shape index (κ1) is 13.1. The molecule has 0 aliphatic carbocycles. The van der Waals surface area contributed by atoms with Gasteiger partial charge in [-0.3, -0.25) is 0 Å². The van der Waals surface area contributed by atoms with Crippen molar-refractivity contribution in [2.24, 2.45) is 0 Å². The minimum Gasteiger partial charge on any atom is -0.407 e. The number of benzene rings is 1. The van der Waals surface area contributed by atoms with Crippen LogP contribution in [0.15, 0.2) is 30.3 Å². The molecule has 0 bridgehead atoms. The number of ether oxygens (including phenoxy) is 1. The van der Waals surface area contributed by atoms with Crippen LogP contribution >= 0.6 is 7.92 Å². The topological polar surface area (TPSA) is 9.23 Å². The van der Waals surface area contributed by atoms with Crippen molar-refractivity contribution >= 4 is 7.92 Å². The number of hydrogen-bond donors (Lipinski definition) is 0. The van der Waals surface area contributed by atoms with Gasteiger partial charge in [-0.2, -0.15) is 0 Å². The zero-order valence-electron chi connectivity index (χ0n) is 10.4. The molecular formula is C14H19OP. The molecule has 16 heavy (non-hydrogen) atoms. The average Bonchev–Trinajstić information content (AvgIpc) is 2.24. The van der Waals surface area contributed by atoms with E-state index in [0.29, 0.717) is 11.3 Å². The molecule has 0 spiro atoms. The first-order valence-electron chi connectivity index (χ1n) is 5.62. The van der Waals surface area contributed by atoms with Crippen LogP contribution in [-0.4, -0.2) is 11.3 Å². The molecule has 0 N–H and O–H groups in total. The van der Waals surface area contributed by atoms with Gasteiger partial charge in [0.15, 0.2) is 0 Å². The van der Waals surface area contributed by atoms with Crippen molar-refractivity contribution in [2.45, 2.75) is 39.0 Å². The molecule has 0 amide bonds. The summed E-state index contributed by atoms with van der Waals surface area (Å²) >= 11 is 0. The quantitative estimate of drug-likeness (QED) is 0.560. The van der Waals surface area contributed by atoms with Crippen LogP contribution in [0.4, 0.5) is 0 Å². The molecule has 0 atom stereocenters. The van der Waals surface area contributed by atoms with Gasteiger partial charge < -0.3 is 4.74 Å². The van der Waals surface area contributed by atoms with Crippen LogP contribution < -0.4 is 4.74 Å². The van der Waals surface area contributed by atoms with E-state index >= 15 is 0 Å². The summed E-state index contributed by atoms with van der Waals surface area (Å²) in [5.41, 5.74) is 4.51. The summed E-state index contributed by atoms with van der Waals surface area (Å²) in [4.78, 5) is 0. The van der Waals surface area contributed by atoms with E-state index in [0.717, 1.165) is 5.75 Å². The molecule has 0 aliphatic rings. The first-order valence-corrected chi connectivity index (χ1v) is 7.10. The molecule has 0 fully saturated rings. The molecule has 0 radical (unpaired) electrons. The lowest BCUT2D eigenvalue weighted by Crippen LogP contribution is -2.01. The molecule has 0 saturated heterocycles. The highest BCUT2D eigenvalue weighted by Crippen LogP contribution is 2.44. The highest BCUT2D eigenvalue weighted by molar-refractivity contribution is 7.64. The Morgan fingerprint density at radius 2 is 1.56 bits per heavy atom. The van der Waals surface area contributed by atoms with Crippen molar-refractivity contribution < 1.29 is 4.74 Å². The maximum atomic E-state index is 5.39. The highest BCUT2D eigenvalue weighted by Gasteiger charge is 2.13. The summed E-state index contributed by atoms with van der Waals surface area (Å²) in [6.45, 7) is 8.90. The molecule has 1 nitrogen and oxygen atoms in total. The summed E-state index contributed by atoms with van der Waals surface area (Å²) in [7, 11) is -0.261. The Morgan fingerprint density at radius 1 is 1.00 bits per heavy atom. The average molecular weight is 234 g/mol. The first-order chi connectivity index (χ1) is 7.61. The normalized spacial score (nSPS) is 10.4. The van der Waals surface area contributed by atoms with Crippen LogP contribution in [0, 0.1) is 11.8 Å². The highest BCUT2D eigenvalue weighted by atomic mass is 31.1. The maximum Gasteiger partial charge on any atom is 0.140 e. The van der Waals surface area contributed by atoms with E-state index < -0.39 is 0 Å². The van der Waals surface area contributed by atoms with Crippen molar-refractivity contribution in [3.05, 3.63) is 30.3 Å². The minimum atomic E-state index is -0.261. The van der Waals surface area contributed by atoms with E-state index in [9.17, 15) is 0 Å². The number of para-hydroxylation sites is 1. The molecule has 0 unspecified atom stereocenters. The fourth-order valence-corrected chi connectivity index (χ4v) is 3.34. The van der Waals surface area contributed by atoms with Crippen molar-refractivity contribution in [1.29, 1.82) is 0 Å². The lowest BCUT2D eigenvalue weighted by atomic mass is 10.3. The third kappa shape index (κ3) is 4.25. The Balaban J connectivity index is 2.60. The molecule has 2 heteroatoms. The summed E-state index contributed by atoms with van der Waals surface area (Å²) in [6, 6.07) is 9.70. The van der Waals surface area contributed by atoms with Gasteiger partial charge in [-0.05, 0) is 37.0 Å². The predicted octanol–water partition coefficient (Wildman–Crippen LogP) is 4.28. The van der Waals surface area contributed by atoms with E-state index in [4.69, 9.17) is 4.74 Å². The number of rotatable bonds is 3. The maximum absolute atomic E-state index is 5.39. The van der Waals surface area contributed by atoms with Gasteiger partial charge in [-0.1, -0.05) is 45.9 Å². The van der Waals surface area contributed by atoms with Gasteiger partial charge in [0.05, 0.1) is 0 Å². The monoisotopic (exact) mass is 234 g/mol.